The second kappa shape index (κ2) is 8.19. The third-order valence-corrected chi connectivity index (χ3v) is 3.70. The molecule has 2 aromatic carbocycles. The second-order valence-corrected chi connectivity index (χ2v) is 5.47. The van der Waals surface area contributed by atoms with E-state index in [9.17, 15) is 9.59 Å². The molecule has 0 aliphatic carbocycles. The van der Waals surface area contributed by atoms with Crippen LogP contribution in [0.25, 0.3) is 0 Å². The minimum Gasteiger partial charge on any atom is -0.352 e. The van der Waals surface area contributed by atoms with Gasteiger partial charge in [-0.3, -0.25) is 4.79 Å². The Morgan fingerprint density at radius 2 is 1.70 bits per heavy atom. The van der Waals surface area contributed by atoms with E-state index in [0.29, 0.717) is 11.4 Å². The van der Waals surface area contributed by atoms with Gasteiger partial charge < -0.3 is 16.4 Å². The normalized spacial score (nSPS) is 11.5. The molecule has 3 amide bonds. The van der Waals surface area contributed by atoms with Gasteiger partial charge in [0.15, 0.2) is 0 Å². The Morgan fingerprint density at radius 3 is 2.35 bits per heavy atom. The number of hydrogen-bond donors (Lipinski definition) is 3. The van der Waals surface area contributed by atoms with Crippen LogP contribution in [0.3, 0.4) is 0 Å². The summed E-state index contributed by atoms with van der Waals surface area (Å²) in [6.45, 7) is 0.282. The molecule has 0 spiro atoms. The molecule has 0 heterocycles. The number of nitrogens with one attached hydrogen (secondary N) is 2. The zero-order valence-corrected chi connectivity index (χ0v) is 13.2. The van der Waals surface area contributed by atoms with Crippen LogP contribution in [0.5, 0.6) is 0 Å². The molecule has 0 aliphatic rings. The molecule has 0 aromatic heterocycles. The Balaban J connectivity index is 2.01. The van der Waals surface area contributed by atoms with Gasteiger partial charge in [0.25, 0.3) is 0 Å². The van der Waals surface area contributed by atoms with Crippen LogP contribution in [0.1, 0.15) is 11.1 Å². The molecule has 0 unspecified atom stereocenters. The lowest BCUT2D eigenvalue weighted by molar-refractivity contribution is -0.123. The van der Waals surface area contributed by atoms with E-state index in [-0.39, 0.29) is 12.5 Å². The van der Waals surface area contributed by atoms with Crippen LogP contribution in [0, 0.1) is 0 Å². The molecule has 2 rings (SSSR count). The number of urea groups is 1. The van der Waals surface area contributed by atoms with Gasteiger partial charge in [-0.05, 0) is 17.2 Å². The molecule has 0 bridgehead atoms. The van der Waals surface area contributed by atoms with Crippen LogP contribution in [0.4, 0.5) is 4.79 Å². The van der Waals surface area contributed by atoms with Crippen LogP contribution < -0.4 is 16.4 Å². The van der Waals surface area contributed by atoms with Crippen molar-refractivity contribution < 1.29 is 9.59 Å². The maximum Gasteiger partial charge on any atom is 0.312 e. The third-order valence-electron chi connectivity index (χ3n) is 3.33. The Morgan fingerprint density at radius 1 is 1.04 bits per heavy atom. The zero-order valence-electron chi connectivity index (χ0n) is 12.5. The molecule has 0 saturated carbocycles. The van der Waals surface area contributed by atoms with E-state index in [1.807, 2.05) is 48.5 Å². The molecule has 0 fully saturated rings. The number of nitrogens with two attached hydrogens (primary N) is 1. The Labute approximate surface area is 139 Å². The number of carbonyl (C=O) groups is 2. The van der Waals surface area contributed by atoms with Crippen molar-refractivity contribution >= 4 is 23.5 Å². The lowest BCUT2D eigenvalue weighted by atomic mass is 10.1. The molecule has 23 heavy (non-hydrogen) atoms. The average molecular weight is 332 g/mol. The van der Waals surface area contributed by atoms with Gasteiger partial charge in [-0.2, -0.15) is 0 Å². The van der Waals surface area contributed by atoms with E-state index >= 15 is 0 Å². The number of amides is 3. The maximum absolute atomic E-state index is 12.3. The standard InChI is InChI=1S/C17H18ClN3O2/c18-14-9-5-4-8-13(14)11-20-16(22)15(21-17(19)23)10-12-6-2-1-3-7-12/h1-9,15H,10-11H2,(H,20,22)(H3,19,21,23)/t15-/m1/s1. The van der Waals surface area contributed by atoms with Crippen molar-refractivity contribution in [3.63, 3.8) is 0 Å². The molecule has 0 saturated heterocycles. The van der Waals surface area contributed by atoms with Gasteiger partial charge in [0, 0.05) is 18.0 Å². The topological polar surface area (TPSA) is 84.2 Å². The summed E-state index contributed by atoms with van der Waals surface area (Å²) in [6.07, 6.45) is 0.359. The maximum atomic E-state index is 12.3. The Kier molecular flexibility index (Phi) is 6.00. The summed E-state index contributed by atoms with van der Waals surface area (Å²) in [6, 6.07) is 15.2. The molecule has 2 aromatic rings. The summed E-state index contributed by atoms with van der Waals surface area (Å²) >= 11 is 6.06. The van der Waals surface area contributed by atoms with Crippen LogP contribution in [-0.2, 0) is 17.8 Å². The summed E-state index contributed by atoms with van der Waals surface area (Å²) in [7, 11) is 0. The predicted molar refractivity (Wildman–Crippen MR) is 90.0 cm³/mol. The predicted octanol–water partition coefficient (Wildman–Crippen LogP) is 2.24. The number of carbonyl (C=O) groups excluding carboxylic acids is 2. The minimum atomic E-state index is -0.739. The first-order chi connectivity index (χ1) is 11.1. The monoisotopic (exact) mass is 331 g/mol. The van der Waals surface area contributed by atoms with Gasteiger partial charge in [0.05, 0.1) is 0 Å². The minimum absolute atomic E-state index is 0.282. The van der Waals surface area contributed by atoms with Gasteiger partial charge >= 0.3 is 6.03 Å². The Hall–Kier alpha value is -2.53. The number of primary amides is 1. The molecule has 0 radical (unpaired) electrons. The molecular formula is C17H18ClN3O2. The smallest absolute Gasteiger partial charge is 0.312 e. The lowest BCUT2D eigenvalue weighted by Crippen LogP contribution is -2.49. The van der Waals surface area contributed by atoms with Crippen LogP contribution >= 0.6 is 11.6 Å². The van der Waals surface area contributed by atoms with Crippen molar-refractivity contribution in [3.8, 4) is 0 Å². The van der Waals surface area contributed by atoms with Crippen molar-refractivity contribution in [2.45, 2.75) is 19.0 Å². The van der Waals surface area contributed by atoms with Gasteiger partial charge in [-0.15, -0.1) is 0 Å². The van der Waals surface area contributed by atoms with E-state index in [1.54, 1.807) is 6.07 Å². The fourth-order valence-corrected chi connectivity index (χ4v) is 2.38. The van der Waals surface area contributed by atoms with Crippen molar-refractivity contribution in [2.75, 3.05) is 0 Å². The van der Waals surface area contributed by atoms with Crippen molar-refractivity contribution in [1.29, 1.82) is 0 Å². The van der Waals surface area contributed by atoms with E-state index in [4.69, 9.17) is 17.3 Å². The van der Waals surface area contributed by atoms with Crippen molar-refractivity contribution in [1.82, 2.24) is 10.6 Å². The molecule has 120 valence electrons. The van der Waals surface area contributed by atoms with E-state index in [1.165, 1.54) is 0 Å². The summed E-state index contributed by atoms with van der Waals surface area (Å²) in [5, 5.41) is 5.82. The third kappa shape index (κ3) is 5.30. The molecule has 1 atom stereocenters. The zero-order chi connectivity index (χ0) is 16.7. The van der Waals surface area contributed by atoms with E-state index in [2.05, 4.69) is 10.6 Å². The Bertz CT molecular complexity index is 677. The quantitative estimate of drug-likeness (QED) is 0.758. The average Bonchev–Trinajstić information content (AvgIpc) is 2.54. The van der Waals surface area contributed by atoms with Gasteiger partial charge in [-0.1, -0.05) is 60.1 Å². The van der Waals surface area contributed by atoms with Crippen molar-refractivity contribution in [2.24, 2.45) is 5.73 Å². The number of benzene rings is 2. The number of rotatable bonds is 6. The highest BCUT2D eigenvalue weighted by molar-refractivity contribution is 6.31. The first-order valence-corrected chi connectivity index (χ1v) is 7.55. The molecule has 0 aliphatic heterocycles. The fraction of sp³-hybridized carbons (Fsp3) is 0.176. The molecule has 4 N–H and O–H groups in total. The highest BCUT2D eigenvalue weighted by Crippen LogP contribution is 2.14. The molecule has 6 heteroatoms. The first-order valence-electron chi connectivity index (χ1n) is 7.17. The van der Waals surface area contributed by atoms with Crippen LogP contribution in [0.2, 0.25) is 5.02 Å². The van der Waals surface area contributed by atoms with Gasteiger partial charge in [-0.25, -0.2) is 4.79 Å². The van der Waals surface area contributed by atoms with Crippen LogP contribution in [-0.4, -0.2) is 18.0 Å². The van der Waals surface area contributed by atoms with E-state index in [0.717, 1.165) is 11.1 Å². The van der Waals surface area contributed by atoms with Crippen molar-refractivity contribution in [3.05, 3.63) is 70.7 Å². The SMILES string of the molecule is NC(=O)N[C@H](Cc1ccccc1)C(=O)NCc1ccccc1Cl. The van der Waals surface area contributed by atoms with E-state index < -0.39 is 12.1 Å². The highest BCUT2D eigenvalue weighted by atomic mass is 35.5. The summed E-state index contributed by atoms with van der Waals surface area (Å²) in [5.41, 5.74) is 6.90. The largest absolute Gasteiger partial charge is 0.352 e. The lowest BCUT2D eigenvalue weighted by Gasteiger charge is -2.17. The van der Waals surface area contributed by atoms with Gasteiger partial charge in [0.1, 0.15) is 6.04 Å². The number of halogens is 1. The molecular weight excluding hydrogens is 314 g/mol. The highest BCUT2D eigenvalue weighted by Gasteiger charge is 2.20. The van der Waals surface area contributed by atoms with Crippen LogP contribution in [0.15, 0.2) is 54.6 Å². The second-order valence-electron chi connectivity index (χ2n) is 5.06. The number of hydrogen-bond acceptors (Lipinski definition) is 2. The fourth-order valence-electron chi connectivity index (χ4n) is 2.18. The summed E-state index contributed by atoms with van der Waals surface area (Å²) in [4.78, 5) is 23.5. The summed E-state index contributed by atoms with van der Waals surface area (Å²) < 4.78 is 0. The van der Waals surface area contributed by atoms with Gasteiger partial charge in [0.2, 0.25) is 5.91 Å². The molecule has 5 nitrogen and oxygen atoms in total. The first kappa shape index (κ1) is 16.8. The summed E-state index contributed by atoms with van der Waals surface area (Å²) in [5.74, 6) is -0.312.